The van der Waals surface area contributed by atoms with Crippen molar-refractivity contribution in [1.82, 2.24) is 14.8 Å². The standard InChI is InChI=1S/C23H13F3N4O2/c24-23(25,26)15-9-10-18-20(11-15)27-13-19-21(14-5-2-1-3-6-14)28-29(22(18)19)16-7-4-8-17(12-16)30(31)32/h1-13H. The highest BCUT2D eigenvalue weighted by atomic mass is 19.4. The average molecular weight is 434 g/mol. The van der Waals surface area contributed by atoms with E-state index in [2.05, 4.69) is 10.1 Å². The van der Waals surface area contributed by atoms with Gasteiger partial charge < -0.3 is 0 Å². The molecule has 5 rings (SSSR count). The van der Waals surface area contributed by atoms with Gasteiger partial charge in [-0.1, -0.05) is 42.5 Å². The molecule has 0 spiro atoms. The number of rotatable bonds is 3. The third kappa shape index (κ3) is 3.24. The van der Waals surface area contributed by atoms with Crippen molar-refractivity contribution in [1.29, 1.82) is 0 Å². The van der Waals surface area contributed by atoms with Gasteiger partial charge >= 0.3 is 6.18 Å². The highest BCUT2D eigenvalue weighted by Crippen LogP contribution is 2.36. The van der Waals surface area contributed by atoms with Crippen LogP contribution in [0.1, 0.15) is 5.56 Å². The van der Waals surface area contributed by atoms with E-state index >= 15 is 0 Å². The van der Waals surface area contributed by atoms with Gasteiger partial charge in [0.15, 0.2) is 0 Å². The Bertz CT molecular complexity index is 1490. The normalized spacial score (nSPS) is 11.8. The maximum Gasteiger partial charge on any atom is 0.416 e. The molecule has 0 amide bonds. The van der Waals surface area contributed by atoms with Gasteiger partial charge in [0.05, 0.1) is 27.2 Å². The summed E-state index contributed by atoms with van der Waals surface area (Å²) in [6.07, 6.45) is -3.01. The fraction of sp³-hybridized carbons (Fsp3) is 0.0435. The number of non-ortho nitro benzene ring substituents is 1. The number of fused-ring (bicyclic) bond motifs is 3. The van der Waals surface area contributed by atoms with Crippen molar-refractivity contribution in [2.45, 2.75) is 6.18 Å². The molecule has 5 aromatic rings. The van der Waals surface area contributed by atoms with Gasteiger partial charge in [-0.3, -0.25) is 15.1 Å². The van der Waals surface area contributed by atoms with Crippen LogP contribution in [0.15, 0.2) is 79.0 Å². The second kappa shape index (κ2) is 7.16. The molecule has 9 heteroatoms. The van der Waals surface area contributed by atoms with Crippen LogP contribution in [-0.4, -0.2) is 19.7 Å². The first kappa shape index (κ1) is 19.7. The van der Waals surface area contributed by atoms with Crippen molar-refractivity contribution in [3.05, 3.63) is 94.7 Å². The Balaban J connectivity index is 1.86. The molecule has 0 bridgehead atoms. The molecule has 0 unspecified atom stereocenters. The summed E-state index contributed by atoms with van der Waals surface area (Å²) < 4.78 is 41.1. The van der Waals surface area contributed by atoms with E-state index in [0.717, 1.165) is 17.7 Å². The Labute approximate surface area is 178 Å². The van der Waals surface area contributed by atoms with Crippen LogP contribution in [0, 0.1) is 10.1 Å². The Hall–Kier alpha value is -4.27. The lowest BCUT2D eigenvalue weighted by Crippen LogP contribution is -2.05. The average Bonchev–Trinajstić information content (AvgIpc) is 3.19. The molecular formula is C23H13F3N4O2. The summed E-state index contributed by atoms with van der Waals surface area (Å²) >= 11 is 0. The van der Waals surface area contributed by atoms with Crippen molar-refractivity contribution < 1.29 is 18.1 Å². The van der Waals surface area contributed by atoms with E-state index in [-0.39, 0.29) is 11.2 Å². The molecule has 32 heavy (non-hydrogen) atoms. The van der Waals surface area contributed by atoms with Gasteiger partial charge in [-0.05, 0) is 18.2 Å². The van der Waals surface area contributed by atoms with Crippen molar-refractivity contribution in [2.75, 3.05) is 0 Å². The molecule has 3 aromatic carbocycles. The number of nitro benzene ring substituents is 1. The minimum absolute atomic E-state index is 0.120. The Kier molecular flexibility index (Phi) is 4.40. The van der Waals surface area contributed by atoms with Crippen molar-refractivity contribution in [3.8, 4) is 16.9 Å². The van der Waals surface area contributed by atoms with Gasteiger partial charge in [0, 0.05) is 34.7 Å². The maximum absolute atomic E-state index is 13.2. The zero-order valence-corrected chi connectivity index (χ0v) is 16.2. The zero-order valence-electron chi connectivity index (χ0n) is 16.2. The van der Waals surface area contributed by atoms with E-state index in [1.807, 2.05) is 30.3 Å². The fourth-order valence-electron chi connectivity index (χ4n) is 3.70. The van der Waals surface area contributed by atoms with Crippen LogP contribution in [0.4, 0.5) is 18.9 Å². The van der Waals surface area contributed by atoms with Crippen LogP contribution in [-0.2, 0) is 6.18 Å². The number of hydrogen-bond donors (Lipinski definition) is 0. The summed E-state index contributed by atoms with van der Waals surface area (Å²) in [5.41, 5.74) is 1.52. The fourth-order valence-corrected chi connectivity index (χ4v) is 3.70. The highest BCUT2D eigenvalue weighted by Gasteiger charge is 2.31. The molecule has 0 aliphatic rings. The second-order valence-corrected chi connectivity index (χ2v) is 7.15. The van der Waals surface area contributed by atoms with E-state index < -0.39 is 16.7 Å². The molecule has 0 atom stereocenters. The molecule has 0 saturated carbocycles. The second-order valence-electron chi connectivity index (χ2n) is 7.15. The minimum atomic E-state index is -4.50. The minimum Gasteiger partial charge on any atom is -0.258 e. The molecular weight excluding hydrogens is 421 g/mol. The first-order chi connectivity index (χ1) is 15.3. The molecule has 0 aliphatic heterocycles. The smallest absolute Gasteiger partial charge is 0.258 e. The van der Waals surface area contributed by atoms with Crippen molar-refractivity contribution in [3.63, 3.8) is 0 Å². The molecule has 0 N–H and O–H groups in total. The van der Waals surface area contributed by atoms with Crippen molar-refractivity contribution in [2.24, 2.45) is 0 Å². The number of pyridine rings is 1. The monoisotopic (exact) mass is 434 g/mol. The van der Waals surface area contributed by atoms with Gasteiger partial charge in [0.2, 0.25) is 0 Å². The van der Waals surface area contributed by atoms with E-state index in [0.29, 0.717) is 27.7 Å². The lowest BCUT2D eigenvalue weighted by molar-refractivity contribution is -0.384. The molecule has 6 nitrogen and oxygen atoms in total. The van der Waals surface area contributed by atoms with Crippen molar-refractivity contribution >= 4 is 27.5 Å². The topological polar surface area (TPSA) is 73.8 Å². The highest BCUT2D eigenvalue weighted by molar-refractivity contribution is 6.08. The predicted molar refractivity (Wildman–Crippen MR) is 113 cm³/mol. The SMILES string of the molecule is O=[N+]([O-])c1cccc(-n2nc(-c3ccccc3)c3cnc4cc(C(F)(F)F)ccc4c32)c1. The van der Waals surface area contributed by atoms with Crippen LogP contribution in [0.25, 0.3) is 38.8 Å². The van der Waals surface area contributed by atoms with Crippen LogP contribution in [0.3, 0.4) is 0 Å². The molecule has 2 aromatic heterocycles. The largest absolute Gasteiger partial charge is 0.416 e. The third-order valence-corrected chi connectivity index (χ3v) is 5.17. The molecule has 0 radical (unpaired) electrons. The zero-order chi connectivity index (χ0) is 22.5. The van der Waals surface area contributed by atoms with Crippen LogP contribution in [0.5, 0.6) is 0 Å². The Morgan fingerprint density at radius 1 is 0.906 bits per heavy atom. The predicted octanol–water partition coefficient (Wildman–Crippen LogP) is 6.17. The Morgan fingerprint density at radius 3 is 2.41 bits per heavy atom. The number of aromatic nitrogens is 3. The van der Waals surface area contributed by atoms with Gasteiger partial charge in [0.1, 0.15) is 5.69 Å². The summed E-state index contributed by atoms with van der Waals surface area (Å²) in [4.78, 5) is 15.0. The molecule has 0 fully saturated rings. The van der Waals surface area contributed by atoms with E-state index in [4.69, 9.17) is 0 Å². The molecule has 158 valence electrons. The number of benzene rings is 3. The summed E-state index contributed by atoms with van der Waals surface area (Å²) in [6, 6.07) is 18.5. The summed E-state index contributed by atoms with van der Waals surface area (Å²) in [7, 11) is 0. The number of halogens is 3. The first-order valence-electron chi connectivity index (χ1n) is 9.52. The number of nitro groups is 1. The van der Waals surface area contributed by atoms with Gasteiger partial charge in [-0.25, -0.2) is 4.68 Å². The van der Waals surface area contributed by atoms with Gasteiger partial charge in [-0.2, -0.15) is 18.3 Å². The van der Waals surface area contributed by atoms with E-state index in [1.165, 1.54) is 35.1 Å². The van der Waals surface area contributed by atoms with Gasteiger partial charge in [0.25, 0.3) is 5.69 Å². The third-order valence-electron chi connectivity index (χ3n) is 5.17. The Morgan fingerprint density at radius 2 is 1.69 bits per heavy atom. The van der Waals surface area contributed by atoms with Crippen LogP contribution < -0.4 is 0 Å². The van der Waals surface area contributed by atoms with E-state index in [9.17, 15) is 23.3 Å². The summed E-state index contributed by atoms with van der Waals surface area (Å²) in [5, 5.41) is 17.0. The molecule has 2 heterocycles. The molecule has 0 saturated heterocycles. The summed E-state index contributed by atoms with van der Waals surface area (Å²) in [6.45, 7) is 0. The van der Waals surface area contributed by atoms with Gasteiger partial charge in [-0.15, -0.1) is 0 Å². The maximum atomic E-state index is 13.2. The van der Waals surface area contributed by atoms with E-state index in [1.54, 1.807) is 6.07 Å². The number of alkyl halides is 3. The summed E-state index contributed by atoms with van der Waals surface area (Å²) in [5.74, 6) is 0. The first-order valence-corrected chi connectivity index (χ1v) is 9.52. The lowest BCUT2D eigenvalue weighted by Gasteiger charge is -2.09. The quantitative estimate of drug-likeness (QED) is 0.252. The number of hydrogen-bond acceptors (Lipinski definition) is 4. The lowest BCUT2D eigenvalue weighted by atomic mass is 10.1. The number of nitrogens with zero attached hydrogens (tertiary/aromatic N) is 4. The molecule has 0 aliphatic carbocycles. The van der Waals surface area contributed by atoms with Crippen LogP contribution in [0.2, 0.25) is 0 Å². The van der Waals surface area contributed by atoms with Crippen LogP contribution >= 0.6 is 0 Å².